The van der Waals surface area contributed by atoms with Crippen LogP contribution in [0.1, 0.15) is 37.7 Å². The fourth-order valence-corrected chi connectivity index (χ4v) is 3.28. The summed E-state index contributed by atoms with van der Waals surface area (Å²) in [6, 6.07) is 20.4. The van der Waals surface area contributed by atoms with Crippen LogP contribution in [0, 0.1) is 0 Å². The summed E-state index contributed by atoms with van der Waals surface area (Å²) in [5.41, 5.74) is 2.11. The maximum atomic E-state index is 12.8. The molecule has 1 aliphatic rings. The number of carbonyl (C=O) groups excluding carboxylic acids is 1. The summed E-state index contributed by atoms with van der Waals surface area (Å²) < 4.78 is 0. The van der Waals surface area contributed by atoms with Crippen molar-refractivity contribution in [1.82, 2.24) is 5.32 Å². The van der Waals surface area contributed by atoms with Crippen molar-refractivity contribution in [2.24, 2.45) is 0 Å². The Morgan fingerprint density at radius 2 is 1.52 bits per heavy atom. The second-order valence-corrected chi connectivity index (χ2v) is 6.14. The molecule has 3 nitrogen and oxygen atoms in total. The minimum Gasteiger partial charge on any atom is -0.334 e. The fraction of sp³-hybridized carbons (Fsp3) is 0.350. The number of anilines is 1. The van der Waals surface area contributed by atoms with Gasteiger partial charge in [-0.2, -0.15) is 0 Å². The largest absolute Gasteiger partial charge is 0.334 e. The maximum Gasteiger partial charge on any atom is 0.322 e. The molecule has 0 heterocycles. The Labute approximate surface area is 138 Å². The predicted molar refractivity (Wildman–Crippen MR) is 94.5 cm³/mol. The fourth-order valence-electron chi connectivity index (χ4n) is 3.28. The molecule has 1 fully saturated rings. The molecule has 0 spiro atoms. The first-order chi connectivity index (χ1) is 11.3. The minimum absolute atomic E-state index is 0.00644. The molecule has 1 aliphatic carbocycles. The molecule has 2 amide bonds. The van der Waals surface area contributed by atoms with E-state index >= 15 is 0 Å². The highest BCUT2D eigenvalue weighted by atomic mass is 16.2. The van der Waals surface area contributed by atoms with E-state index in [9.17, 15) is 4.79 Å². The summed E-state index contributed by atoms with van der Waals surface area (Å²) >= 11 is 0. The molecule has 2 aromatic carbocycles. The summed E-state index contributed by atoms with van der Waals surface area (Å²) in [6.45, 7) is 0.565. The lowest BCUT2D eigenvalue weighted by Gasteiger charge is -2.34. The van der Waals surface area contributed by atoms with E-state index in [0.717, 1.165) is 24.1 Å². The number of benzene rings is 2. The van der Waals surface area contributed by atoms with Crippen molar-refractivity contribution in [3.8, 4) is 0 Å². The Balaban J connectivity index is 1.73. The van der Waals surface area contributed by atoms with Crippen molar-refractivity contribution in [3.63, 3.8) is 0 Å². The average Bonchev–Trinajstić information content (AvgIpc) is 2.63. The van der Waals surface area contributed by atoms with Gasteiger partial charge in [0, 0.05) is 18.3 Å². The van der Waals surface area contributed by atoms with Crippen molar-refractivity contribution >= 4 is 11.7 Å². The zero-order valence-corrected chi connectivity index (χ0v) is 13.4. The van der Waals surface area contributed by atoms with Gasteiger partial charge in [-0.15, -0.1) is 0 Å². The van der Waals surface area contributed by atoms with Crippen LogP contribution in [0.2, 0.25) is 0 Å². The van der Waals surface area contributed by atoms with E-state index < -0.39 is 0 Å². The Hall–Kier alpha value is -2.29. The standard InChI is InChI=1S/C20H24N2O/c23-20(21-16-17-10-4-1-5-11-17)22(18-12-6-2-7-13-18)19-14-8-3-9-15-19/h1-2,4-7,10-13,19H,3,8-9,14-16H2,(H,21,23). The van der Waals surface area contributed by atoms with Crippen LogP contribution in [-0.4, -0.2) is 12.1 Å². The van der Waals surface area contributed by atoms with Crippen molar-refractivity contribution in [1.29, 1.82) is 0 Å². The zero-order chi connectivity index (χ0) is 15.9. The van der Waals surface area contributed by atoms with Crippen LogP contribution in [0.25, 0.3) is 0 Å². The number of nitrogens with one attached hydrogen (secondary N) is 1. The van der Waals surface area contributed by atoms with E-state index in [0.29, 0.717) is 12.6 Å². The lowest BCUT2D eigenvalue weighted by atomic mass is 9.94. The number of hydrogen-bond donors (Lipinski definition) is 1. The molecule has 0 radical (unpaired) electrons. The van der Waals surface area contributed by atoms with Gasteiger partial charge < -0.3 is 5.32 Å². The Kier molecular flexibility index (Phi) is 5.30. The van der Waals surface area contributed by atoms with Gasteiger partial charge in [0.2, 0.25) is 0 Å². The van der Waals surface area contributed by atoms with Gasteiger partial charge in [0.15, 0.2) is 0 Å². The van der Waals surface area contributed by atoms with Gasteiger partial charge in [-0.3, -0.25) is 4.90 Å². The summed E-state index contributed by atoms with van der Waals surface area (Å²) in [7, 11) is 0. The number of amides is 2. The van der Waals surface area contributed by atoms with Crippen LogP contribution in [0.3, 0.4) is 0 Å². The molecular weight excluding hydrogens is 284 g/mol. The molecular formula is C20H24N2O. The van der Waals surface area contributed by atoms with Crippen molar-refractivity contribution in [3.05, 3.63) is 66.2 Å². The zero-order valence-electron chi connectivity index (χ0n) is 13.4. The Bertz CT molecular complexity index is 606. The molecule has 120 valence electrons. The SMILES string of the molecule is O=C(NCc1ccccc1)N(c1ccccc1)C1CCCCC1. The molecule has 0 aromatic heterocycles. The van der Waals surface area contributed by atoms with Crippen LogP contribution in [0.5, 0.6) is 0 Å². The number of hydrogen-bond acceptors (Lipinski definition) is 1. The molecule has 3 heteroatoms. The molecule has 3 rings (SSSR count). The minimum atomic E-state index is 0.00644. The first-order valence-electron chi connectivity index (χ1n) is 8.50. The van der Waals surface area contributed by atoms with Crippen LogP contribution in [0.15, 0.2) is 60.7 Å². The van der Waals surface area contributed by atoms with E-state index in [-0.39, 0.29) is 6.03 Å². The van der Waals surface area contributed by atoms with Gasteiger partial charge in [-0.05, 0) is 30.5 Å². The Morgan fingerprint density at radius 3 is 2.17 bits per heavy atom. The molecule has 0 bridgehead atoms. The number of rotatable bonds is 4. The van der Waals surface area contributed by atoms with Gasteiger partial charge in [-0.1, -0.05) is 67.8 Å². The van der Waals surface area contributed by atoms with Gasteiger partial charge in [0.1, 0.15) is 0 Å². The second kappa shape index (κ2) is 7.82. The molecule has 0 aliphatic heterocycles. The van der Waals surface area contributed by atoms with Gasteiger partial charge >= 0.3 is 6.03 Å². The number of carbonyl (C=O) groups is 1. The lowest BCUT2D eigenvalue weighted by molar-refractivity contribution is 0.241. The van der Waals surface area contributed by atoms with E-state index in [1.165, 1.54) is 19.3 Å². The van der Waals surface area contributed by atoms with Gasteiger partial charge in [0.25, 0.3) is 0 Å². The van der Waals surface area contributed by atoms with Crippen molar-refractivity contribution in [2.75, 3.05) is 4.90 Å². The van der Waals surface area contributed by atoms with Gasteiger partial charge in [-0.25, -0.2) is 4.79 Å². The van der Waals surface area contributed by atoms with E-state index in [4.69, 9.17) is 0 Å². The van der Waals surface area contributed by atoms with Crippen LogP contribution < -0.4 is 10.2 Å². The van der Waals surface area contributed by atoms with Crippen molar-refractivity contribution in [2.45, 2.75) is 44.7 Å². The molecule has 2 aromatic rings. The summed E-state index contributed by atoms with van der Waals surface area (Å²) in [5, 5.41) is 3.08. The topological polar surface area (TPSA) is 32.3 Å². The van der Waals surface area contributed by atoms with Crippen molar-refractivity contribution < 1.29 is 4.79 Å². The highest BCUT2D eigenvalue weighted by Gasteiger charge is 2.26. The summed E-state index contributed by atoms with van der Waals surface area (Å²) in [4.78, 5) is 14.8. The van der Waals surface area contributed by atoms with Crippen LogP contribution >= 0.6 is 0 Å². The molecule has 1 N–H and O–H groups in total. The van der Waals surface area contributed by atoms with E-state index in [2.05, 4.69) is 5.32 Å². The monoisotopic (exact) mass is 308 g/mol. The molecule has 0 unspecified atom stereocenters. The maximum absolute atomic E-state index is 12.8. The second-order valence-electron chi connectivity index (χ2n) is 6.14. The average molecular weight is 308 g/mol. The predicted octanol–water partition coefficient (Wildman–Crippen LogP) is 4.74. The smallest absolute Gasteiger partial charge is 0.322 e. The molecule has 1 saturated carbocycles. The third-order valence-corrected chi connectivity index (χ3v) is 4.48. The number of para-hydroxylation sites is 1. The number of nitrogens with zero attached hydrogens (tertiary/aromatic N) is 1. The highest BCUT2D eigenvalue weighted by molar-refractivity contribution is 5.92. The first-order valence-corrected chi connectivity index (χ1v) is 8.50. The summed E-state index contributed by atoms with van der Waals surface area (Å²) in [5.74, 6) is 0. The van der Waals surface area contributed by atoms with Crippen LogP contribution in [0.4, 0.5) is 10.5 Å². The van der Waals surface area contributed by atoms with E-state index in [1.54, 1.807) is 0 Å². The third-order valence-electron chi connectivity index (χ3n) is 4.48. The molecule has 23 heavy (non-hydrogen) atoms. The van der Waals surface area contributed by atoms with Crippen LogP contribution in [-0.2, 0) is 6.54 Å². The third kappa shape index (κ3) is 4.13. The van der Waals surface area contributed by atoms with E-state index in [1.807, 2.05) is 65.6 Å². The normalized spacial score (nSPS) is 15.1. The highest BCUT2D eigenvalue weighted by Crippen LogP contribution is 2.27. The lowest BCUT2D eigenvalue weighted by Crippen LogP contribution is -2.47. The first kappa shape index (κ1) is 15.6. The molecule has 0 saturated heterocycles. The quantitative estimate of drug-likeness (QED) is 0.869. The molecule has 0 atom stereocenters. The van der Waals surface area contributed by atoms with Gasteiger partial charge in [0.05, 0.1) is 0 Å². The summed E-state index contributed by atoms with van der Waals surface area (Å²) in [6.07, 6.45) is 5.88. The Morgan fingerprint density at radius 1 is 0.913 bits per heavy atom. The number of urea groups is 1.